The lowest BCUT2D eigenvalue weighted by molar-refractivity contribution is -0.138. The lowest BCUT2D eigenvalue weighted by Crippen LogP contribution is -2.34. The molecular formula is C7H15NO2S2. The van der Waals surface area contributed by atoms with Crippen LogP contribution in [-0.4, -0.2) is 27.6 Å². The van der Waals surface area contributed by atoms with E-state index in [1.54, 1.807) is 11.8 Å². The molecule has 0 heterocycles. The monoisotopic (exact) mass is 209 g/mol. The van der Waals surface area contributed by atoms with Gasteiger partial charge in [-0.3, -0.25) is 9.52 Å². The van der Waals surface area contributed by atoms with E-state index in [1.165, 1.54) is 0 Å². The number of carbonyl (C=O) groups is 1. The third kappa shape index (κ3) is 5.74. The number of aliphatic carboxylic acids is 1. The second-order valence-corrected chi connectivity index (χ2v) is 5.55. The Morgan fingerprint density at radius 3 is 2.42 bits per heavy atom. The van der Waals surface area contributed by atoms with Gasteiger partial charge in [0.1, 0.15) is 6.04 Å². The molecule has 72 valence electrons. The Morgan fingerprint density at radius 2 is 2.17 bits per heavy atom. The van der Waals surface area contributed by atoms with Crippen molar-refractivity contribution in [3.05, 3.63) is 0 Å². The fraction of sp³-hybridized carbons (Fsp3) is 0.857. The molecule has 0 amide bonds. The Balaban J connectivity index is 3.81. The third-order valence-electron chi connectivity index (χ3n) is 1.14. The average molecular weight is 209 g/mol. The quantitative estimate of drug-likeness (QED) is 0.613. The number of carboxylic acid groups (broad SMARTS) is 1. The second-order valence-electron chi connectivity index (χ2n) is 3.44. The average Bonchev–Trinajstić information content (AvgIpc) is 1.85. The second kappa shape index (κ2) is 4.99. The van der Waals surface area contributed by atoms with Gasteiger partial charge in [-0.1, -0.05) is 33.6 Å². The van der Waals surface area contributed by atoms with E-state index in [0.29, 0.717) is 5.75 Å². The number of thiol groups is 1. The molecule has 0 aliphatic rings. The minimum atomic E-state index is -0.859. The van der Waals surface area contributed by atoms with Gasteiger partial charge in [-0.15, -0.1) is 0 Å². The summed E-state index contributed by atoms with van der Waals surface area (Å²) in [6, 6.07) is -0.572. The molecule has 0 aliphatic carbocycles. The van der Waals surface area contributed by atoms with Crippen molar-refractivity contribution in [3.63, 3.8) is 0 Å². The third-order valence-corrected chi connectivity index (χ3v) is 2.81. The van der Waals surface area contributed by atoms with Crippen LogP contribution in [0.3, 0.4) is 0 Å². The summed E-state index contributed by atoms with van der Waals surface area (Å²) >= 11 is 5.34. The van der Waals surface area contributed by atoms with Gasteiger partial charge in [-0.25, -0.2) is 0 Å². The zero-order chi connectivity index (χ0) is 9.78. The molecular weight excluding hydrogens is 194 g/mol. The predicted octanol–water partition coefficient (Wildman–Crippen LogP) is 1.41. The number of thioether (sulfide) groups is 1. The van der Waals surface area contributed by atoms with Crippen molar-refractivity contribution in [1.82, 2.24) is 4.72 Å². The summed E-state index contributed by atoms with van der Waals surface area (Å²) in [6.45, 7) is 6.15. The summed E-state index contributed by atoms with van der Waals surface area (Å²) in [7, 11) is 0. The molecule has 0 saturated heterocycles. The van der Waals surface area contributed by atoms with Crippen LogP contribution in [0.4, 0.5) is 0 Å². The molecule has 0 unspecified atom stereocenters. The van der Waals surface area contributed by atoms with Crippen LogP contribution >= 0.6 is 24.6 Å². The minimum Gasteiger partial charge on any atom is -0.480 e. The summed E-state index contributed by atoms with van der Waals surface area (Å²) in [4.78, 5) is 10.5. The maximum absolute atomic E-state index is 10.5. The van der Waals surface area contributed by atoms with E-state index in [-0.39, 0.29) is 4.75 Å². The van der Waals surface area contributed by atoms with Gasteiger partial charge in [-0.2, -0.15) is 11.8 Å². The lowest BCUT2D eigenvalue weighted by atomic mass is 10.3. The van der Waals surface area contributed by atoms with Crippen molar-refractivity contribution in [2.75, 3.05) is 5.75 Å². The molecule has 5 heteroatoms. The molecule has 0 fully saturated rings. The summed E-state index contributed by atoms with van der Waals surface area (Å²) in [5, 5.41) is 8.65. The molecule has 1 atom stereocenters. The SMILES string of the molecule is CC(C)(C)SC[C@@H](NS)C(=O)O. The van der Waals surface area contributed by atoms with Crippen molar-refractivity contribution in [3.8, 4) is 0 Å². The first-order valence-electron chi connectivity index (χ1n) is 3.63. The summed E-state index contributed by atoms with van der Waals surface area (Å²) in [5.74, 6) is -0.329. The lowest BCUT2D eigenvalue weighted by Gasteiger charge is -2.19. The zero-order valence-corrected chi connectivity index (χ0v) is 9.21. The Labute approximate surface area is 82.8 Å². The number of hydrogen-bond acceptors (Lipinski definition) is 4. The molecule has 0 bridgehead atoms. The van der Waals surface area contributed by atoms with Crippen LogP contribution in [0, 0.1) is 0 Å². The molecule has 0 radical (unpaired) electrons. The Hall–Kier alpha value is 0.130. The number of hydrogen-bond donors (Lipinski definition) is 3. The van der Waals surface area contributed by atoms with E-state index in [4.69, 9.17) is 5.11 Å². The molecule has 0 aromatic carbocycles. The molecule has 0 rings (SSSR count). The number of rotatable bonds is 4. The predicted molar refractivity (Wildman–Crippen MR) is 55.8 cm³/mol. The molecule has 2 N–H and O–H groups in total. The van der Waals surface area contributed by atoms with Crippen LogP contribution in [0.15, 0.2) is 0 Å². The van der Waals surface area contributed by atoms with E-state index in [1.807, 2.05) is 0 Å². The molecule has 3 nitrogen and oxygen atoms in total. The van der Waals surface area contributed by atoms with Crippen LogP contribution in [0.5, 0.6) is 0 Å². The van der Waals surface area contributed by atoms with Crippen LogP contribution in [-0.2, 0) is 4.79 Å². The highest BCUT2D eigenvalue weighted by Crippen LogP contribution is 2.23. The van der Waals surface area contributed by atoms with Gasteiger partial charge in [0.05, 0.1) is 0 Å². The Bertz CT molecular complexity index is 156. The van der Waals surface area contributed by atoms with Crippen molar-refractivity contribution < 1.29 is 9.90 Å². The van der Waals surface area contributed by atoms with Gasteiger partial charge in [0.2, 0.25) is 0 Å². The van der Waals surface area contributed by atoms with Crippen molar-refractivity contribution in [1.29, 1.82) is 0 Å². The van der Waals surface area contributed by atoms with Crippen molar-refractivity contribution >= 4 is 30.5 Å². The number of nitrogens with one attached hydrogen (secondary N) is 1. The molecule has 0 spiro atoms. The zero-order valence-electron chi connectivity index (χ0n) is 7.50. The van der Waals surface area contributed by atoms with Gasteiger partial charge in [-0.05, 0) is 0 Å². The van der Waals surface area contributed by atoms with Crippen LogP contribution in [0.1, 0.15) is 20.8 Å². The summed E-state index contributed by atoms with van der Waals surface area (Å²) in [5.41, 5.74) is 0. The van der Waals surface area contributed by atoms with Crippen molar-refractivity contribution in [2.45, 2.75) is 31.6 Å². The van der Waals surface area contributed by atoms with Gasteiger partial charge in [0.15, 0.2) is 0 Å². The minimum absolute atomic E-state index is 0.0956. The standard InChI is InChI=1S/C7H15NO2S2/c1-7(2,3)12-4-5(8-11)6(9)10/h5,8,11H,4H2,1-3H3,(H,9,10)/t5-/m1/s1. The van der Waals surface area contributed by atoms with E-state index in [9.17, 15) is 4.79 Å². The number of carboxylic acids is 1. The summed E-state index contributed by atoms with van der Waals surface area (Å²) < 4.78 is 2.54. The first-order chi connectivity index (χ1) is 5.37. The topological polar surface area (TPSA) is 49.3 Å². The smallest absolute Gasteiger partial charge is 0.322 e. The van der Waals surface area contributed by atoms with Gasteiger partial charge >= 0.3 is 5.97 Å². The van der Waals surface area contributed by atoms with E-state index in [0.717, 1.165) is 0 Å². The Morgan fingerprint density at radius 1 is 1.67 bits per heavy atom. The van der Waals surface area contributed by atoms with Gasteiger partial charge in [0.25, 0.3) is 0 Å². The summed E-state index contributed by atoms with van der Waals surface area (Å²) in [6.07, 6.45) is 0. The first-order valence-corrected chi connectivity index (χ1v) is 5.06. The van der Waals surface area contributed by atoms with Crippen LogP contribution in [0.25, 0.3) is 0 Å². The van der Waals surface area contributed by atoms with Crippen LogP contribution < -0.4 is 4.72 Å². The van der Waals surface area contributed by atoms with E-state index < -0.39 is 12.0 Å². The molecule has 0 aromatic heterocycles. The highest BCUT2D eigenvalue weighted by molar-refractivity contribution is 8.00. The van der Waals surface area contributed by atoms with Gasteiger partial charge in [0, 0.05) is 10.5 Å². The normalized spacial score (nSPS) is 14.3. The largest absolute Gasteiger partial charge is 0.480 e. The highest BCUT2D eigenvalue weighted by Gasteiger charge is 2.19. The molecule has 0 saturated carbocycles. The van der Waals surface area contributed by atoms with Crippen molar-refractivity contribution in [2.24, 2.45) is 0 Å². The molecule has 12 heavy (non-hydrogen) atoms. The van der Waals surface area contributed by atoms with Crippen LogP contribution in [0.2, 0.25) is 0 Å². The Kier molecular flexibility index (Phi) is 5.04. The van der Waals surface area contributed by atoms with Gasteiger partial charge < -0.3 is 5.11 Å². The fourth-order valence-electron chi connectivity index (χ4n) is 0.497. The molecule has 0 aliphatic heterocycles. The maximum Gasteiger partial charge on any atom is 0.322 e. The fourth-order valence-corrected chi connectivity index (χ4v) is 1.71. The van der Waals surface area contributed by atoms with E-state index >= 15 is 0 Å². The highest BCUT2D eigenvalue weighted by atomic mass is 32.2. The first kappa shape index (κ1) is 12.1. The molecule has 0 aromatic rings. The van der Waals surface area contributed by atoms with E-state index in [2.05, 4.69) is 38.3 Å². The maximum atomic E-state index is 10.5.